The van der Waals surface area contributed by atoms with Crippen molar-refractivity contribution >= 4 is 0 Å². The normalized spacial score (nSPS) is 6.00. The molecule has 1 heterocycles. The van der Waals surface area contributed by atoms with Crippen LogP contribution >= 0.6 is 0 Å². The van der Waals surface area contributed by atoms with E-state index in [0.29, 0.717) is 0 Å². The summed E-state index contributed by atoms with van der Waals surface area (Å²) in [7, 11) is 0. The van der Waals surface area contributed by atoms with Gasteiger partial charge in [0.15, 0.2) is 0 Å². The summed E-state index contributed by atoms with van der Waals surface area (Å²) in [6, 6.07) is 0. The van der Waals surface area contributed by atoms with Gasteiger partial charge < -0.3 is 0 Å². The predicted molar refractivity (Wildman–Crippen MR) is 3.24 cm³/mol. The van der Waals surface area contributed by atoms with Crippen molar-refractivity contribution in [3.8, 4) is 0 Å². The maximum absolute atomic E-state index is 3.50. The first-order valence-electron chi connectivity index (χ1n) is 0.500. The van der Waals surface area contributed by atoms with Gasteiger partial charge in [-0.2, -0.15) is 0 Å². The van der Waals surface area contributed by atoms with Gasteiger partial charge in [0, 0.05) is 14.2 Å². The number of hydrogen-bond donors (Lipinski definition) is 0. The molecule has 1 aromatic heterocycles. The number of hydrogen-bond acceptors (Lipinski definition) is 3. The Hall–Kier alpha value is 0.0883. The first-order valence-corrected chi connectivity index (χ1v) is 0.500. The van der Waals surface area contributed by atoms with E-state index in [1.165, 1.54) is 0 Å². The Morgan fingerprint density at radius 3 is 1.00 bits per heavy atom. The van der Waals surface area contributed by atoms with E-state index < -0.39 is 0 Å². The number of rotatable bonds is 0. The van der Waals surface area contributed by atoms with Gasteiger partial charge in [-0.3, -0.25) is 0 Å². The Morgan fingerprint density at radius 2 is 1.00 bits per heavy atom. The zero-order valence-corrected chi connectivity index (χ0v) is 3.64. The van der Waals surface area contributed by atoms with E-state index in [2.05, 4.69) is 14.2 Å². The van der Waals surface area contributed by atoms with Crippen molar-refractivity contribution in [3.63, 3.8) is 0 Å². The van der Waals surface area contributed by atoms with Crippen LogP contribution in [0, 0.1) is 0 Å². The molecule has 0 aliphatic rings. The van der Waals surface area contributed by atoms with Crippen molar-refractivity contribution in [2.24, 2.45) is 0 Å². The molecule has 0 amide bonds. The van der Waals surface area contributed by atoms with Crippen molar-refractivity contribution < 1.29 is 35.3 Å². The third-order valence-corrected chi connectivity index (χ3v) is 0.0680. The Morgan fingerprint density at radius 1 is 0.750 bits per heavy atom. The largest absolute Gasteiger partial charge is 6.00 e. The average Bonchev–Trinajstić information content (AvgIpc) is 1.46. The minimum Gasteiger partial charge on any atom is 0 e. The average molecular weight is 144 g/mol. The molecule has 3 nitrogen and oxygen atoms in total. The van der Waals surface area contributed by atoms with Crippen LogP contribution in [0.4, 0.5) is 0 Å². The Bertz CT molecular complexity index is 31.4. The zero-order chi connectivity index (χ0) is 2.12. The van der Waals surface area contributed by atoms with Crippen LogP contribution < -0.4 is 0 Å². The van der Waals surface area contributed by atoms with E-state index in [0.717, 1.165) is 0 Å². The molecule has 0 aliphatic carbocycles. The van der Waals surface area contributed by atoms with Gasteiger partial charge >= 0.3 is 21.1 Å². The molecule has 0 saturated carbocycles. The van der Waals surface area contributed by atoms with Crippen LogP contribution in [0.2, 0.25) is 0 Å². The quantitative estimate of drug-likeness (QED) is 0.392. The summed E-state index contributed by atoms with van der Waals surface area (Å²) < 4.78 is 10.5. The molecule has 18 valence electrons. The summed E-state index contributed by atoms with van der Waals surface area (Å²) in [5, 5.41) is 0. The van der Waals surface area contributed by atoms with E-state index in [1.807, 2.05) is 0 Å². The molecule has 0 saturated heterocycles. The summed E-state index contributed by atoms with van der Waals surface area (Å²) >= 11 is 0. The molecule has 0 spiro atoms. The zero-order valence-electron chi connectivity index (χ0n) is 1.63. The van der Waals surface area contributed by atoms with Crippen LogP contribution in [0.15, 0.2) is 14.2 Å². The molecule has 1 aromatic rings. The molecule has 0 unspecified atom stereocenters. The maximum atomic E-state index is 3.50. The van der Waals surface area contributed by atoms with Gasteiger partial charge in [0.2, 0.25) is 0 Å². The molecule has 0 atom stereocenters. The van der Waals surface area contributed by atoms with Crippen molar-refractivity contribution in [1.82, 2.24) is 0 Å². The fraction of sp³-hybridized carbons (Fsp3) is 0. The van der Waals surface area contributed by atoms with Crippen LogP contribution in [-0.2, 0) is 21.1 Å². The van der Waals surface area contributed by atoms with Crippen molar-refractivity contribution in [2.45, 2.75) is 0 Å². The molecule has 4 heavy (non-hydrogen) atoms. The van der Waals surface area contributed by atoms with Crippen LogP contribution in [0.5, 0.6) is 0 Å². The first kappa shape index (κ1) is 4.09. The molecular weight excluding hydrogens is 144 g/mol. The fourth-order valence-corrected chi connectivity index (χ4v) is 0. The second-order valence-corrected chi connectivity index (χ2v) is 0.204. The van der Waals surface area contributed by atoms with Crippen molar-refractivity contribution in [2.75, 3.05) is 0 Å². The van der Waals surface area contributed by atoms with Crippen molar-refractivity contribution in [3.05, 3.63) is 0 Å². The fourth-order valence-electron chi connectivity index (χ4n) is 0. The molecule has 0 aliphatic heterocycles. The third-order valence-electron chi connectivity index (χ3n) is 0.0680. The van der Waals surface area contributed by atoms with Gasteiger partial charge in [0.05, 0.1) is 0 Å². The van der Waals surface area contributed by atoms with Crippen molar-refractivity contribution in [1.29, 1.82) is 0 Å². The molecule has 0 fully saturated rings. The molecule has 1 rings (SSSR count). The molecule has 0 bridgehead atoms. The monoisotopic (exact) mass is 146 g/mol. The molecular formula is MoO3+6. The van der Waals surface area contributed by atoms with Gasteiger partial charge in [-0.25, -0.2) is 0 Å². The van der Waals surface area contributed by atoms with Crippen LogP contribution in [-0.4, -0.2) is 0 Å². The minimum absolute atomic E-state index is 0. The Labute approximate surface area is 36.0 Å². The van der Waals surface area contributed by atoms with Crippen LogP contribution in [0.3, 0.4) is 0 Å². The summed E-state index contributed by atoms with van der Waals surface area (Å²) in [6.07, 6.45) is 0. The molecule has 0 aromatic carbocycles. The summed E-state index contributed by atoms with van der Waals surface area (Å²) in [5.41, 5.74) is 0. The smallest absolute Gasteiger partial charge is 0 e. The van der Waals surface area contributed by atoms with Gasteiger partial charge in [0.1, 0.15) is 0 Å². The predicted octanol–water partition coefficient (Wildman–Crippen LogP) is 0.463. The van der Waals surface area contributed by atoms with Gasteiger partial charge in [-0.1, -0.05) is 0 Å². The molecule has 0 radical (unpaired) electrons. The SMILES string of the molecule is [Mo+6].o1oo1. The second-order valence-electron chi connectivity index (χ2n) is 0.204. The minimum atomic E-state index is 0. The Balaban J connectivity index is 0.0000000900. The molecule has 0 N–H and O–H groups in total. The standard InChI is InChI=1S/Mo.O3/c;1-2-3-1/q+6;. The van der Waals surface area contributed by atoms with E-state index in [4.69, 9.17) is 0 Å². The summed E-state index contributed by atoms with van der Waals surface area (Å²) in [5.74, 6) is 0. The van der Waals surface area contributed by atoms with E-state index >= 15 is 0 Å². The Kier molecular flexibility index (Phi) is 1.44. The summed E-state index contributed by atoms with van der Waals surface area (Å²) in [6.45, 7) is 0. The summed E-state index contributed by atoms with van der Waals surface area (Å²) in [4.78, 5) is 0. The van der Waals surface area contributed by atoms with Gasteiger partial charge in [-0.05, 0) is 0 Å². The molecule has 4 heteroatoms. The second kappa shape index (κ2) is 1.41. The van der Waals surface area contributed by atoms with Crippen LogP contribution in [0.25, 0.3) is 0 Å². The first-order chi connectivity index (χ1) is 1.50. The van der Waals surface area contributed by atoms with Crippen LogP contribution in [0.1, 0.15) is 0 Å². The maximum Gasteiger partial charge on any atom is 6.00 e. The third kappa shape index (κ3) is 2.09. The van der Waals surface area contributed by atoms with E-state index in [1.54, 1.807) is 0 Å². The van der Waals surface area contributed by atoms with Gasteiger partial charge in [0.25, 0.3) is 0 Å². The van der Waals surface area contributed by atoms with E-state index in [9.17, 15) is 0 Å². The van der Waals surface area contributed by atoms with E-state index in [-0.39, 0.29) is 21.1 Å². The van der Waals surface area contributed by atoms with Gasteiger partial charge in [-0.15, -0.1) is 0 Å². The topological polar surface area (TPSA) is 39.4 Å².